The van der Waals surface area contributed by atoms with Crippen molar-refractivity contribution in [1.82, 2.24) is 10.2 Å². The van der Waals surface area contributed by atoms with Crippen LogP contribution >= 0.6 is 0 Å². The van der Waals surface area contributed by atoms with Crippen LogP contribution in [0, 0.1) is 5.41 Å². The molecule has 1 saturated carbocycles. The van der Waals surface area contributed by atoms with E-state index in [4.69, 9.17) is 0 Å². The highest BCUT2D eigenvalue weighted by Gasteiger charge is 2.62. The summed E-state index contributed by atoms with van der Waals surface area (Å²) in [6.45, 7) is 0. The van der Waals surface area contributed by atoms with E-state index in [1.807, 2.05) is 6.08 Å². The molecule has 5 nitrogen and oxygen atoms in total. The molecule has 1 heterocycles. The molecule has 1 saturated heterocycles. The molecule has 1 aliphatic heterocycles. The Morgan fingerprint density at radius 2 is 2.00 bits per heavy atom. The van der Waals surface area contributed by atoms with Crippen LogP contribution in [0.2, 0.25) is 0 Å². The zero-order valence-corrected chi connectivity index (χ0v) is 9.44. The van der Waals surface area contributed by atoms with E-state index in [-0.39, 0.29) is 11.9 Å². The maximum atomic E-state index is 12.2. The molecular weight excluding hydrogens is 220 g/mol. The quantitative estimate of drug-likeness (QED) is 0.542. The third-order valence-corrected chi connectivity index (χ3v) is 3.86. The fourth-order valence-electron chi connectivity index (χ4n) is 2.61. The number of carbonyl (C=O) groups is 3. The minimum Gasteiger partial charge on any atom is -0.277 e. The highest BCUT2D eigenvalue weighted by Crippen LogP contribution is 2.49. The number of amides is 4. The SMILES string of the molecule is O=C1NC(=O)C2(CC2)C(=O)N1C1CC=CCC1. The van der Waals surface area contributed by atoms with Crippen molar-refractivity contribution in [1.29, 1.82) is 0 Å². The first-order valence-electron chi connectivity index (χ1n) is 5.99. The second-order valence-electron chi connectivity index (χ2n) is 4.95. The molecule has 2 fully saturated rings. The first-order valence-corrected chi connectivity index (χ1v) is 5.99. The first-order chi connectivity index (χ1) is 8.15. The molecular formula is C12H14N2O3. The van der Waals surface area contributed by atoms with Crippen LogP contribution in [0.5, 0.6) is 0 Å². The van der Waals surface area contributed by atoms with E-state index in [9.17, 15) is 14.4 Å². The van der Waals surface area contributed by atoms with Gasteiger partial charge in [-0.05, 0) is 32.1 Å². The molecule has 0 bridgehead atoms. The lowest BCUT2D eigenvalue weighted by atomic mass is 9.95. The van der Waals surface area contributed by atoms with E-state index in [0.717, 1.165) is 12.8 Å². The van der Waals surface area contributed by atoms with E-state index < -0.39 is 17.4 Å². The number of barbiturate groups is 1. The fraction of sp³-hybridized carbons (Fsp3) is 0.583. The van der Waals surface area contributed by atoms with Crippen molar-refractivity contribution in [2.24, 2.45) is 5.41 Å². The number of imide groups is 2. The van der Waals surface area contributed by atoms with Gasteiger partial charge in [0.15, 0.2) is 0 Å². The monoisotopic (exact) mass is 234 g/mol. The van der Waals surface area contributed by atoms with Gasteiger partial charge in [-0.2, -0.15) is 0 Å². The van der Waals surface area contributed by atoms with Gasteiger partial charge < -0.3 is 0 Å². The van der Waals surface area contributed by atoms with Crippen LogP contribution in [0.15, 0.2) is 12.2 Å². The highest BCUT2D eigenvalue weighted by atomic mass is 16.2. The number of carbonyl (C=O) groups excluding carboxylic acids is 3. The van der Waals surface area contributed by atoms with E-state index in [0.29, 0.717) is 19.3 Å². The van der Waals surface area contributed by atoms with Gasteiger partial charge in [-0.15, -0.1) is 0 Å². The Morgan fingerprint density at radius 3 is 2.59 bits per heavy atom. The average molecular weight is 234 g/mol. The van der Waals surface area contributed by atoms with Gasteiger partial charge in [0.2, 0.25) is 11.8 Å². The second-order valence-corrected chi connectivity index (χ2v) is 4.95. The molecule has 1 unspecified atom stereocenters. The third kappa shape index (κ3) is 1.41. The predicted octanol–water partition coefficient (Wildman–Crippen LogP) is 0.954. The van der Waals surface area contributed by atoms with Crippen molar-refractivity contribution in [2.75, 3.05) is 0 Å². The van der Waals surface area contributed by atoms with Crippen LogP contribution in [0.4, 0.5) is 4.79 Å². The zero-order chi connectivity index (χ0) is 12.0. The van der Waals surface area contributed by atoms with Gasteiger partial charge in [0, 0.05) is 6.04 Å². The molecule has 2 aliphatic carbocycles. The fourth-order valence-corrected chi connectivity index (χ4v) is 2.61. The number of urea groups is 1. The van der Waals surface area contributed by atoms with Gasteiger partial charge >= 0.3 is 6.03 Å². The summed E-state index contributed by atoms with van der Waals surface area (Å²) in [7, 11) is 0. The lowest BCUT2D eigenvalue weighted by Gasteiger charge is -2.36. The third-order valence-electron chi connectivity index (χ3n) is 3.86. The summed E-state index contributed by atoms with van der Waals surface area (Å²) < 4.78 is 0. The molecule has 1 N–H and O–H groups in total. The maximum Gasteiger partial charge on any atom is 0.331 e. The molecule has 1 spiro atoms. The van der Waals surface area contributed by atoms with E-state index in [1.54, 1.807) is 0 Å². The highest BCUT2D eigenvalue weighted by molar-refractivity contribution is 6.21. The summed E-state index contributed by atoms with van der Waals surface area (Å²) in [5.41, 5.74) is -0.908. The van der Waals surface area contributed by atoms with Gasteiger partial charge in [-0.3, -0.25) is 19.8 Å². The van der Waals surface area contributed by atoms with E-state index in [1.165, 1.54) is 4.90 Å². The van der Waals surface area contributed by atoms with Crippen LogP contribution in [-0.4, -0.2) is 28.8 Å². The predicted molar refractivity (Wildman–Crippen MR) is 58.8 cm³/mol. The van der Waals surface area contributed by atoms with Gasteiger partial charge in [0.25, 0.3) is 0 Å². The van der Waals surface area contributed by atoms with Crippen LogP contribution in [0.25, 0.3) is 0 Å². The van der Waals surface area contributed by atoms with Gasteiger partial charge in [0.05, 0.1) is 0 Å². The first kappa shape index (κ1) is 10.5. The summed E-state index contributed by atoms with van der Waals surface area (Å²) in [6.07, 6.45) is 7.56. The van der Waals surface area contributed by atoms with Crippen molar-refractivity contribution in [3.05, 3.63) is 12.2 Å². The number of nitrogens with one attached hydrogen (secondary N) is 1. The molecule has 0 aromatic heterocycles. The Morgan fingerprint density at radius 1 is 1.24 bits per heavy atom. The Kier molecular flexibility index (Phi) is 2.11. The van der Waals surface area contributed by atoms with Crippen LogP contribution in [0.3, 0.4) is 0 Å². The van der Waals surface area contributed by atoms with Gasteiger partial charge in [0.1, 0.15) is 5.41 Å². The summed E-state index contributed by atoms with van der Waals surface area (Å²) in [4.78, 5) is 36.9. The molecule has 0 aromatic carbocycles. The summed E-state index contributed by atoms with van der Waals surface area (Å²) in [5, 5.41) is 2.31. The Balaban J connectivity index is 1.88. The summed E-state index contributed by atoms with van der Waals surface area (Å²) >= 11 is 0. The average Bonchev–Trinajstić information content (AvgIpc) is 3.10. The number of allylic oxidation sites excluding steroid dienone is 1. The second kappa shape index (κ2) is 3.42. The zero-order valence-electron chi connectivity index (χ0n) is 9.44. The molecule has 0 radical (unpaired) electrons. The van der Waals surface area contributed by atoms with E-state index in [2.05, 4.69) is 11.4 Å². The number of nitrogens with zero attached hydrogens (tertiary/aromatic N) is 1. The van der Waals surface area contributed by atoms with Crippen molar-refractivity contribution >= 4 is 17.8 Å². The molecule has 0 aromatic rings. The maximum absolute atomic E-state index is 12.2. The molecule has 3 aliphatic rings. The van der Waals surface area contributed by atoms with Crippen LogP contribution in [0.1, 0.15) is 32.1 Å². The van der Waals surface area contributed by atoms with Crippen molar-refractivity contribution < 1.29 is 14.4 Å². The molecule has 17 heavy (non-hydrogen) atoms. The topological polar surface area (TPSA) is 66.5 Å². The Bertz CT molecular complexity index is 437. The van der Waals surface area contributed by atoms with Crippen LogP contribution in [-0.2, 0) is 9.59 Å². The van der Waals surface area contributed by atoms with Gasteiger partial charge in [-0.1, -0.05) is 12.2 Å². The summed E-state index contributed by atoms with van der Waals surface area (Å²) in [5.74, 6) is -0.693. The molecule has 90 valence electrons. The normalized spacial score (nSPS) is 30.7. The smallest absolute Gasteiger partial charge is 0.277 e. The molecule has 1 atom stereocenters. The van der Waals surface area contributed by atoms with Crippen molar-refractivity contribution in [3.8, 4) is 0 Å². The lowest BCUT2D eigenvalue weighted by Crippen LogP contribution is -2.62. The van der Waals surface area contributed by atoms with E-state index >= 15 is 0 Å². The Labute approximate surface area is 98.8 Å². The molecule has 4 amide bonds. The lowest BCUT2D eigenvalue weighted by molar-refractivity contribution is -0.146. The van der Waals surface area contributed by atoms with Crippen molar-refractivity contribution in [2.45, 2.75) is 38.1 Å². The number of hydrogen-bond donors (Lipinski definition) is 1. The standard InChI is InChI=1S/C12H14N2O3/c15-9-12(6-7-12)10(16)14(11(17)13-9)8-4-2-1-3-5-8/h1-2,8H,3-7H2,(H,13,15,17). The van der Waals surface area contributed by atoms with Gasteiger partial charge in [-0.25, -0.2) is 4.79 Å². The van der Waals surface area contributed by atoms with Crippen LogP contribution < -0.4 is 5.32 Å². The number of rotatable bonds is 1. The summed E-state index contributed by atoms with van der Waals surface area (Å²) in [6, 6.07) is -0.629. The molecule has 3 rings (SSSR count). The largest absolute Gasteiger partial charge is 0.331 e. The Hall–Kier alpha value is -1.65. The number of hydrogen-bond acceptors (Lipinski definition) is 3. The molecule has 5 heteroatoms. The minimum atomic E-state index is -0.908. The van der Waals surface area contributed by atoms with Crippen molar-refractivity contribution in [3.63, 3.8) is 0 Å². The minimum absolute atomic E-state index is 0.0851.